The third-order valence-electron chi connectivity index (χ3n) is 5.49. The summed E-state index contributed by atoms with van der Waals surface area (Å²) in [6.07, 6.45) is 4.28. The van der Waals surface area contributed by atoms with Crippen LogP contribution in [0.1, 0.15) is 44.2 Å². The molecule has 29 heavy (non-hydrogen) atoms. The van der Waals surface area contributed by atoms with Gasteiger partial charge in [-0.25, -0.2) is 0 Å². The summed E-state index contributed by atoms with van der Waals surface area (Å²) in [7, 11) is 1.82. The zero-order valence-electron chi connectivity index (χ0n) is 18.3. The summed E-state index contributed by atoms with van der Waals surface area (Å²) in [5.41, 5.74) is 2.68. The molecule has 0 radical (unpaired) electrons. The van der Waals surface area contributed by atoms with Gasteiger partial charge in [0.15, 0.2) is 5.96 Å². The third-order valence-corrected chi connectivity index (χ3v) is 5.49. The molecule has 1 saturated heterocycles. The Hall–Kier alpha value is -1.63. The van der Waals surface area contributed by atoms with Crippen LogP contribution in [-0.2, 0) is 22.6 Å². The van der Waals surface area contributed by atoms with Crippen molar-refractivity contribution < 1.29 is 9.47 Å². The van der Waals surface area contributed by atoms with E-state index >= 15 is 0 Å². The van der Waals surface area contributed by atoms with Crippen molar-refractivity contribution in [3.63, 3.8) is 0 Å². The van der Waals surface area contributed by atoms with Gasteiger partial charge < -0.3 is 20.1 Å². The first kappa shape index (κ1) is 22.1. The summed E-state index contributed by atoms with van der Waals surface area (Å²) >= 11 is 0. The van der Waals surface area contributed by atoms with Crippen LogP contribution >= 0.6 is 0 Å². The maximum atomic E-state index is 5.87. The maximum absolute atomic E-state index is 5.87. The van der Waals surface area contributed by atoms with E-state index in [1.807, 2.05) is 7.05 Å². The van der Waals surface area contributed by atoms with E-state index in [0.29, 0.717) is 12.2 Å². The highest BCUT2D eigenvalue weighted by molar-refractivity contribution is 5.79. The molecule has 2 fully saturated rings. The van der Waals surface area contributed by atoms with E-state index in [9.17, 15) is 0 Å². The lowest BCUT2D eigenvalue weighted by Gasteiger charge is -2.35. The monoisotopic (exact) mass is 402 g/mol. The lowest BCUT2D eigenvalue weighted by molar-refractivity contribution is -0.0705. The first-order valence-electron chi connectivity index (χ1n) is 11.1. The number of hydrogen-bond acceptors (Lipinski definition) is 4. The van der Waals surface area contributed by atoms with E-state index in [2.05, 4.69) is 58.6 Å². The lowest BCUT2D eigenvalue weighted by atomic mass is 10.1. The minimum atomic E-state index is 0.292. The number of nitrogens with one attached hydrogen (secondary N) is 2. The molecule has 6 nitrogen and oxygen atoms in total. The number of ether oxygens (including phenoxy) is 2. The summed E-state index contributed by atoms with van der Waals surface area (Å²) in [4.78, 5) is 6.84. The fraction of sp³-hybridized carbons (Fsp3) is 0.696. The Labute approximate surface area is 176 Å². The van der Waals surface area contributed by atoms with Crippen LogP contribution in [0.3, 0.4) is 0 Å². The number of nitrogens with zero attached hydrogens (tertiary/aromatic N) is 2. The van der Waals surface area contributed by atoms with Crippen molar-refractivity contribution >= 4 is 5.96 Å². The second-order valence-electron chi connectivity index (χ2n) is 8.44. The van der Waals surface area contributed by atoms with Gasteiger partial charge in [-0.2, -0.15) is 0 Å². The molecule has 3 rings (SSSR count). The van der Waals surface area contributed by atoms with Gasteiger partial charge in [0.1, 0.15) is 0 Å². The van der Waals surface area contributed by atoms with E-state index in [-0.39, 0.29) is 0 Å². The lowest BCUT2D eigenvalue weighted by Crippen LogP contribution is -2.45. The Balaban J connectivity index is 1.41. The Morgan fingerprint density at radius 2 is 1.86 bits per heavy atom. The molecule has 1 aliphatic heterocycles. The average Bonchev–Trinajstić information content (AvgIpc) is 3.51. The number of hydrogen-bond donors (Lipinski definition) is 2. The second kappa shape index (κ2) is 11.5. The van der Waals surface area contributed by atoms with Gasteiger partial charge in [0.05, 0.1) is 12.2 Å². The molecule has 162 valence electrons. The molecule has 0 amide bonds. The van der Waals surface area contributed by atoms with Gasteiger partial charge in [-0.15, -0.1) is 0 Å². The molecule has 2 N–H and O–H groups in total. The van der Waals surface area contributed by atoms with Crippen LogP contribution in [0, 0.1) is 5.92 Å². The fourth-order valence-corrected chi connectivity index (χ4v) is 3.85. The standard InChI is InChI=1S/C23H38N4O2/c1-18-14-27(15-19(2)29-18)16-22-8-5-4-7-21(22)13-26-23(24-3)25-11-6-12-28-17-20-9-10-20/h4-5,7-8,18-20H,6,9-17H2,1-3H3,(H2,24,25,26). The molecular weight excluding hydrogens is 364 g/mol. The molecule has 2 atom stereocenters. The number of rotatable bonds is 10. The van der Waals surface area contributed by atoms with E-state index in [0.717, 1.165) is 64.2 Å². The fourth-order valence-electron chi connectivity index (χ4n) is 3.85. The molecule has 1 aromatic carbocycles. The predicted molar refractivity (Wildman–Crippen MR) is 118 cm³/mol. The average molecular weight is 403 g/mol. The van der Waals surface area contributed by atoms with Crippen LogP contribution in [-0.4, -0.2) is 63.0 Å². The number of aliphatic imine (C=N–C) groups is 1. The molecule has 1 aliphatic carbocycles. The van der Waals surface area contributed by atoms with Gasteiger partial charge >= 0.3 is 0 Å². The summed E-state index contributed by atoms with van der Waals surface area (Å²) in [5, 5.41) is 6.84. The Morgan fingerprint density at radius 1 is 1.14 bits per heavy atom. The van der Waals surface area contributed by atoms with Gasteiger partial charge in [0.2, 0.25) is 0 Å². The SMILES string of the molecule is CN=C(NCCCOCC1CC1)NCc1ccccc1CN1CC(C)OC(C)C1. The van der Waals surface area contributed by atoms with E-state index in [1.54, 1.807) is 0 Å². The van der Waals surface area contributed by atoms with Crippen molar-refractivity contribution in [1.29, 1.82) is 0 Å². The maximum Gasteiger partial charge on any atom is 0.191 e. The zero-order valence-corrected chi connectivity index (χ0v) is 18.3. The summed E-state index contributed by atoms with van der Waals surface area (Å²) in [5.74, 6) is 1.68. The minimum Gasteiger partial charge on any atom is -0.381 e. The van der Waals surface area contributed by atoms with Gasteiger partial charge in [0.25, 0.3) is 0 Å². The molecule has 2 unspecified atom stereocenters. The van der Waals surface area contributed by atoms with Crippen LogP contribution in [0.15, 0.2) is 29.3 Å². The van der Waals surface area contributed by atoms with Crippen molar-refractivity contribution in [2.24, 2.45) is 10.9 Å². The third kappa shape index (κ3) is 7.96. The molecule has 1 heterocycles. The second-order valence-corrected chi connectivity index (χ2v) is 8.44. The molecule has 1 aromatic rings. The van der Waals surface area contributed by atoms with E-state index in [4.69, 9.17) is 9.47 Å². The van der Waals surface area contributed by atoms with Crippen LogP contribution in [0.2, 0.25) is 0 Å². The van der Waals surface area contributed by atoms with Crippen molar-refractivity contribution in [3.05, 3.63) is 35.4 Å². The normalized spacial score (nSPS) is 23.2. The topological polar surface area (TPSA) is 58.1 Å². The quantitative estimate of drug-likeness (QED) is 0.358. The van der Waals surface area contributed by atoms with Crippen LogP contribution in [0.5, 0.6) is 0 Å². The van der Waals surface area contributed by atoms with Crippen molar-refractivity contribution in [1.82, 2.24) is 15.5 Å². The van der Waals surface area contributed by atoms with Crippen LogP contribution in [0.25, 0.3) is 0 Å². The zero-order chi connectivity index (χ0) is 20.5. The molecule has 0 bridgehead atoms. The molecule has 2 aliphatic rings. The number of benzene rings is 1. The highest BCUT2D eigenvalue weighted by Gasteiger charge is 2.22. The molecule has 1 saturated carbocycles. The molecule has 0 spiro atoms. The summed E-state index contributed by atoms with van der Waals surface area (Å²) in [6.45, 7) is 10.6. The van der Waals surface area contributed by atoms with Crippen molar-refractivity contribution in [2.75, 3.05) is 39.9 Å². The van der Waals surface area contributed by atoms with Gasteiger partial charge in [-0.1, -0.05) is 24.3 Å². The number of morpholine rings is 1. The first-order chi connectivity index (χ1) is 14.1. The molecule has 0 aromatic heterocycles. The molecule has 6 heteroatoms. The first-order valence-corrected chi connectivity index (χ1v) is 11.1. The Kier molecular flexibility index (Phi) is 8.77. The Morgan fingerprint density at radius 3 is 2.55 bits per heavy atom. The highest BCUT2D eigenvalue weighted by Crippen LogP contribution is 2.28. The van der Waals surface area contributed by atoms with Gasteiger partial charge in [-0.3, -0.25) is 9.89 Å². The van der Waals surface area contributed by atoms with Crippen molar-refractivity contribution in [2.45, 2.75) is 58.4 Å². The molecular formula is C23H38N4O2. The van der Waals surface area contributed by atoms with Gasteiger partial charge in [-0.05, 0) is 50.2 Å². The van der Waals surface area contributed by atoms with Crippen LogP contribution in [0.4, 0.5) is 0 Å². The van der Waals surface area contributed by atoms with E-state index in [1.165, 1.54) is 24.0 Å². The Bertz CT molecular complexity index is 638. The van der Waals surface area contributed by atoms with Crippen LogP contribution < -0.4 is 10.6 Å². The summed E-state index contributed by atoms with van der Waals surface area (Å²) in [6, 6.07) is 8.67. The predicted octanol–water partition coefficient (Wildman–Crippen LogP) is 2.78. The van der Waals surface area contributed by atoms with Crippen molar-refractivity contribution in [3.8, 4) is 0 Å². The summed E-state index contributed by atoms with van der Waals surface area (Å²) < 4.78 is 11.6. The highest BCUT2D eigenvalue weighted by atomic mass is 16.5. The number of guanidine groups is 1. The largest absolute Gasteiger partial charge is 0.381 e. The minimum absolute atomic E-state index is 0.292. The smallest absolute Gasteiger partial charge is 0.191 e. The van der Waals surface area contributed by atoms with E-state index < -0.39 is 0 Å². The van der Waals surface area contributed by atoms with Gasteiger partial charge in [0, 0.05) is 53.0 Å².